The highest BCUT2D eigenvalue weighted by molar-refractivity contribution is 5.48. The van der Waals surface area contributed by atoms with Crippen molar-refractivity contribution in [1.82, 2.24) is 5.32 Å². The van der Waals surface area contributed by atoms with E-state index in [-0.39, 0.29) is 0 Å². The standard InChI is InChI=1S/C14H19N/c1-2-7-13(8-3-1)9-6-12-15-14-10-4-5-11-14/h1-3,6-9,14-15H,4-5,10-12H2/b9-6+. The van der Waals surface area contributed by atoms with Gasteiger partial charge in [-0.15, -0.1) is 0 Å². The number of nitrogens with one attached hydrogen (secondary N) is 1. The molecule has 1 nitrogen and oxygen atoms in total. The summed E-state index contributed by atoms with van der Waals surface area (Å²) in [6.45, 7) is 1.000. The van der Waals surface area contributed by atoms with E-state index >= 15 is 0 Å². The first-order valence-electron chi connectivity index (χ1n) is 5.90. The van der Waals surface area contributed by atoms with E-state index in [2.05, 4.69) is 41.7 Å². The Morgan fingerprint density at radius 1 is 1.13 bits per heavy atom. The van der Waals surface area contributed by atoms with Gasteiger partial charge in [-0.05, 0) is 18.4 Å². The highest BCUT2D eigenvalue weighted by Gasteiger charge is 2.12. The zero-order valence-electron chi connectivity index (χ0n) is 9.15. The summed E-state index contributed by atoms with van der Waals surface area (Å²) in [5.41, 5.74) is 1.28. The zero-order chi connectivity index (χ0) is 10.3. The maximum absolute atomic E-state index is 3.57. The second kappa shape index (κ2) is 5.72. The molecular formula is C14H19N. The van der Waals surface area contributed by atoms with E-state index in [1.807, 2.05) is 6.07 Å². The molecule has 1 aliphatic carbocycles. The summed E-state index contributed by atoms with van der Waals surface area (Å²) in [5, 5.41) is 3.57. The van der Waals surface area contributed by atoms with Crippen LogP contribution < -0.4 is 5.32 Å². The first-order chi connectivity index (χ1) is 7.45. The van der Waals surface area contributed by atoms with E-state index in [1.54, 1.807) is 0 Å². The van der Waals surface area contributed by atoms with Crippen LogP contribution in [0.4, 0.5) is 0 Å². The van der Waals surface area contributed by atoms with E-state index in [4.69, 9.17) is 0 Å². The molecule has 0 unspecified atom stereocenters. The van der Waals surface area contributed by atoms with Crippen LogP contribution in [0.1, 0.15) is 31.2 Å². The van der Waals surface area contributed by atoms with E-state index in [1.165, 1.54) is 31.2 Å². The van der Waals surface area contributed by atoms with Crippen LogP contribution in [0.5, 0.6) is 0 Å². The third-order valence-corrected chi connectivity index (χ3v) is 2.99. The Kier molecular flexibility index (Phi) is 3.98. The van der Waals surface area contributed by atoms with Crippen LogP contribution in [0.15, 0.2) is 36.4 Å². The van der Waals surface area contributed by atoms with E-state index < -0.39 is 0 Å². The van der Waals surface area contributed by atoms with Gasteiger partial charge in [-0.2, -0.15) is 0 Å². The molecule has 1 N–H and O–H groups in total. The largest absolute Gasteiger partial charge is 0.311 e. The second-order valence-corrected chi connectivity index (χ2v) is 4.20. The van der Waals surface area contributed by atoms with Gasteiger partial charge < -0.3 is 5.32 Å². The molecule has 0 saturated heterocycles. The predicted octanol–water partition coefficient (Wildman–Crippen LogP) is 3.23. The molecule has 2 rings (SSSR count). The molecule has 0 amide bonds. The van der Waals surface area contributed by atoms with Gasteiger partial charge in [0, 0.05) is 12.6 Å². The quantitative estimate of drug-likeness (QED) is 0.788. The summed E-state index contributed by atoms with van der Waals surface area (Å²) in [6.07, 6.45) is 9.92. The fraction of sp³-hybridized carbons (Fsp3) is 0.429. The highest BCUT2D eigenvalue weighted by Crippen LogP contribution is 2.17. The van der Waals surface area contributed by atoms with Gasteiger partial charge in [0.2, 0.25) is 0 Å². The van der Waals surface area contributed by atoms with Crippen molar-refractivity contribution in [1.29, 1.82) is 0 Å². The minimum Gasteiger partial charge on any atom is -0.311 e. The van der Waals surface area contributed by atoms with Crippen molar-refractivity contribution in [2.24, 2.45) is 0 Å². The number of benzene rings is 1. The maximum Gasteiger partial charge on any atom is 0.0140 e. The van der Waals surface area contributed by atoms with Crippen molar-refractivity contribution in [2.45, 2.75) is 31.7 Å². The van der Waals surface area contributed by atoms with E-state index in [9.17, 15) is 0 Å². The van der Waals surface area contributed by atoms with Crippen LogP contribution in [0.2, 0.25) is 0 Å². The molecule has 1 saturated carbocycles. The minimum absolute atomic E-state index is 0.769. The molecule has 0 bridgehead atoms. The van der Waals surface area contributed by atoms with Crippen molar-refractivity contribution in [2.75, 3.05) is 6.54 Å². The fourth-order valence-electron chi connectivity index (χ4n) is 2.12. The summed E-state index contributed by atoms with van der Waals surface area (Å²) in [5.74, 6) is 0. The van der Waals surface area contributed by atoms with Gasteiger partial charge in [0.25, 0.3) is 0 Å². The number of rotatable bonds is 4. The maximum atomic E-state index is 3.57. The van der Waals surface area contributed by atoms with E-state index in [0.717, 1.165) is 12.6 Å². The number of hydrogen-bond acceptors (Lipinski definition) is 1. The van der Waals surface area contributed by atoms with Gasteiger partial charge in [-0.1, -0.05) is 55.3 Å². The molecule has 0 spiro atoms. The molecule has 0 heterocycles. The Labute approximate surface area is 92.2 Å². The lowest BCUT2D eigenvalue weighted by atomic mass is 10.2. The Morgan fingerprint density at radius 2 is 1.87 bits per heavy atom. The summed E-state index contributed by atoms with van der Waals surface area (Å²) in [4.78, 5) is 0. The third-order valence-electron chi connectivity index (χ3n) is 2.99. The van der Waals surface area contributed by atoms with Gasteiger partial charge >= 0.3 is 0 Å². The summed E-state index contributed by atoms with van der Waals surface area (Å²) >= 11 is 0. The molecule has 15 heavy (non-hydrogen) atoms. The smallest absolute Gasteiger partial charge is 0.0140 e. The molecule has 0 radical (unpaired) electrons. The Balaban J connectivity index is 1.71. The number of hydrogen-bond donors (Lipinski definition) is 1. The lowest BCUT2D eigenvalue weighted by Crippen LogP contribution is -2.25. The van der Waals surface area contributed by atoms with Gasteiger partial charge in [-0.3, -0.25) is 0 Å². The monoisotopic (exact) mass is 201 g/mol. The molecule has 80 valence electrons. The first kappa shape index (κ1) is 10.4. The lowest BCUT2D eigenvalue weighted by Gasteiger charge is -2.08. The Morgan fingerprint density at radius 3 is 2.60 bits per heavy atom. The van der Waals surface area contributed by atoms with Crippen molar-refractivity contribution < 1.29 is 0 Å². The van der Waals surface area contributed by atoms with Crippen molar-refractivity contribution in [3.63, 3.8) is 0 Å². The van der Waals surface area contributed by atoms with E-state index in [0.29, 0.717) is 0 Å². The van der Waals surface area contributed by atoms with Gasteiger partial charge in [0.05, 0.1) is 0 Å². The first-order valence-corrected chi connectivity index (χ1v) is 5.90. The molecule has 1 aromatic carbocycles. The Hall–Kier alpha value is -1.08. The van der Waals surface area contributed by atoms with Crippen molar-refractivity contribution in [3.05, 3.63) is 42.0 Å². The minimum atomic E-state index is 0.769. The van der Waals surface area contributed by atoms with Gasteiger partial charge in [0.1, 0.15) is 0 Å². The average Bonchev–Trinajstić information content (AvgIpc) is 2.79. The van der Waals surface area contributed by atoms with Gasteiger partial charge in [-0.25, -0.2) is 0 Å². The molecular weight excluding hydrogens is 182 g/mol. The van der Waals surface area contributed by atoms with Crippen molar-refractivity contribution in [3.8, 4) is 0 Å². The average molecular weight is 201 g/mol. The molecule has 0 aliphatic heterocycles. The molecule has 0 atom stereocenters. The van der Waals surface area contributed by atoms with Crippen LogP contribution in [0.25, 0.3) is 6.08 Å². The molecule has 1 aliphatic rings. The molecule has 1 aromatic rings. The summed E-state index contributed by atoms with van der Waals surface area (Å²) in [7, 11) is 0. The SMILES string of the molecule is C(=C\c1ccccc1)/CNC1CCCC1. The van der Waals surface area contributed by atoms with Crippen LogP contribution >= 0.6 is 0 Å². The Bertz CT molecular complexity index is 296. The predicted molar refractivity (Wildman–Crippen MR) is 65.7 cm³/mol. The van der Waals surface area contributed by atoms with Crippen LogP contribution in [0, 0.1) is 0 Å². The fourth-order valence-corrected chi connectivity index (χ4v) is 2.12. The summed E-state index contributed by atoms with van der Waals surface area (Å²) < 4.78 is 0. The topological polar surface area (TPSA) is 12.0 Å². The molecule has 1 heteroatoms. The molecule has 0 aromatic heterocycles. The van der Waals surface area contributed by atoms with Crippen LogP contribution in [-0.2, 0) is 0 Å². The third kappa shape index (κ3) is 3.52. The highest BCUT2D eigenvalue weighted by atomic mass is 14.9. The van der Waals surface area contributed by atoms with Crippen LogP contribution in [0.3, 0.4) is 0 Å². The van der Waals surface area contributed by atoms with Crippen molar-refractivity contribution >= 4 is 6.08 Å². The normalized spacial score (nSPS) is 17.6. The molecule has 1 fully saturated rings. The van der Waals surface area contributed by atoms with Gasteiger partial charge in [0.15, 0.2) is 0 Å². The van der Waals surface area contributed by atoms with Crippen LogP contribution in [-0.4, -0.2) is 12.6 Å². The summed E-state index contributed by atoms with van der Waals surface area (Å²) in [6, 6.07) is 11.2. The zero-order valence-corrected chi connectivity index (χ0v) is 9.15. The lowest BCUT2D eigenvalue weighted by molar-refractivity contribution is 0.557. The second-order valence-electron chi connectivity index (χ2n) is 4.20.